The van der Waals surface area contributed by atoms with Gasteiger partial charge >= 0.3 is 5.97 Å². The number of ether oxygens (including phenoxy) is 2. The molecular formula is C16H24O3. The first-order chi connectivity index (χ1) is 9.12. The second kappa shape index (κ2) is 7.82. The summed E-state index contributed by atoms with van der Waals surface area (Å²) >= 11 is 0. The Morgan fingerprint density at radius 3 is 2.21 bits per heavy atom. The highest BCUT2D eigenvalue weighted by atomic mass is 16.6. The lowest BCUT2D eigenvalue weighted by molar-refractivity contribution is -0.151. The Labute approximate surface area is 115 Å². The summed E-state index contributed by atoms with van der Waals surface area (Å²) in [5.41, 5.74) is 1.29. The third-order valence-corrected chi connectivity index (χ3v) is 3.26. The molecule has 0 aliphatic rings. The highest BCUT2D eigenvalue weighted by Crippen LogP contribution is 2.22. The lowest BCUT2D eigenvalue weighted by atomic mass is 9.99. The van der Waals surface area contributed by atoms with Gasteiger partial charge in [-0.3, -0.25) is 0 Å². The Balaban J connectivity index is 2.68. The molecule has 0 spiro atoms. The number of carbonyl (C=O) groups excluding carboxylic acids is 1. The van der Waals surface area contributed by atoms with Gasteiger partial charge in [-0.2, -0.15) is 0 Å². The molecule has 106 valence electrons. The average molecular weight is 264 g/mol. The van der Waals surface area contributed by atoms with Crippen molar-refractivity contribution < 1.29 is 14.3 Å². The van der Waals surface area contributed by atoms with Crippen molar-refractivity contribution >= 4 is 5.97 Å². The molecule has 0 aliphatic carbocycles. The lowest BCUT2D eigenvalue weighted by Crippen LogP contribution is -2.28. The van der Waals surface area contributed by atoms with Crippen LogP contribution in [0.5, 0.6) is 5.75 Å². The lowest BCUT2D eigenvalue weighted by Gasteiger charge is -2.16. The van der Waals surface area contributed by atoms with Gasteiger partial charge in [0.05, 0.1) is 6.61 Å². The van der Waals surface area contributed by atoms with Crippen LogP contribution in [0.15, 0.2) is 24.3 Å². The maximum Gasteiger partial charge on any atom is 0.347 e. The van der Waals surface area contributed by atoms with Crippen molar-refractivity contribution in [3.05, 3.63) is 29.8 Å². The third kappa shape index (κ3) is 4.58. The van der Waals surface area contributed by atoms with Crippen LogP contribution in [0.4, 0.5) is 0 Å². The van der Waals surface area contributed by atoms with Gasteiger partial charge in [0.15, 0.2) is 6.10 Å². The van der Waals surface area contributed by atoms with Crippen LogP contribution in [0.3, 0.4) is 0 Å². The summed E-state index contributed by atoms with van der Waals surface area (Å²) in [4.78, 5) is 11.7. The molecule has 0 aliphatic heterocycles. The zero-order valence-electron chi connectivity index (χ0n) is 12.3. The molecule has 3 heteroatoms. The highest BCUT2D eigenvalue weighted by Gasteiger charge is 2.19. The number of esters is 1. The van der Waals surface area contributed by atoms with Crippen LogP contribution in [0.1, 0.15) is 52.0 Å². The topological polar surface area (TPSA) is 35.5 Å². The first-order valence-corrected chi connectivity index (χ1v) is 7.05. The molecule has 0 radical (unpaired) electrons. The Kier molecular flexibility index (Phi) is 6.40. The van der Waals surface area contributed by atoms with E-state index in [0.29, 0.717) is 24.7 Å². The molecule has 2 unspecified atom stereocenters. The summed E-state index contributed by atoms with van der Waals surface area (Å²) in [5, 5.41) is 0. The molecule has 0 fully saturated rings. The van der Waals surface area contributed by atoms with E-state index in [1.807, 2.05) is 19.1 Å². The van der Waals surface area contributed by atoms with E-state index in [0.717, 1.165) is 6.42 Å². The van der Waals surface area contributed by atoms with Crippen molar-refractivity contribution in [1.29, 1.82) is 0 Å². The maximum absolute atomic E-state index is 11.7. The largest absolute Gasteiger partial charge is 0.479 e. The first-order valence-electron chi connectivity index (χ1n) is 7.05. The van der Waals surface area contributed by atoms with Crippen molar-refractivity contribution in [2.75, 3.05) is 6.61 Å². The quantitative estimate of drug-likeness (QED) is 0.700. The highest BCUT2D eigenvalue weighted by molar-refractivity contribution is 5.75. The van der Waals surface area contributed by atoms with E-state index < -0.39 is 6.10 Å². The standard InChI is InChI=1S/C16H24O3/c1-5-12(4)13-8-10-14(11-9-13)19-15(6-2)16(17)18-7-3/h8-12,15H,5-7H2,1-4H3. The molecular weight excluding hydrogens is 240 g/mol. The molecule has 1 rings (SSSR count). The van der Waals surface area contributed by atoms with Crippen LogP contribution < -0.4 is 4.74 Å². The Morgan fingerprint density at radius 1 is 1.11 bits per heavy atom. The molecule has 0 aromatic heterocycles. The van der Waals surface area contributed by atoms with E-state index in [9.17, 15) is 4.79 Å². The van der Waals surface area contributed by atoms with Gasteiger partial charge in [0, 0.05) is 0 Å². The minimum absolute atomic E-state index is 0.295. The molecule has 1 aromatic rings. The van der Waals surface area contributed by atoms with Gasteiger partial charge < -0.3 is 9.47 Å². The number of hydrogen-bond acceptors (Lipinski definition) is 3. The number of rotatable bonds is 7. The molecule has 0 saturated carbocycles. The zero-order valence-corrected chi connectivity index (χ0v) is 12.3. The first kappa shape index (κ1) is 15.5. The van der Waals surface area contributed by atoms with E-state index in [4.69, 9.17) is 9.47 Å². The average Bonchev–Trinajstić information content (AvgIpc) is 2.44. The molecule has 0 saturated heterocycles. The van der Waals surface area contributed by atoms with Gasteiger partial charge in [-0.1, -0.05) is 32.9 Å². The Hall–Kier alpha value is -1.51. The number of carbonyl (C=O) groups is 1. The molecule has 1 aromatic carbocycles. The van der Waals surface area contributed by atoms with E-state index >= 15 is 0 Å². The minimum Gasteiger partial charge on any atom is -0.479 e. The summed E-state index contributed by atoms with van der Waals surface area (Å²) < 4.78 is 10.7. The molecule has 0 bridgehead atoms. The van der Waals surface area contributed by atoms with Gasteiger partial charge in [-0.25, -0.2) is 4.79 Å². The molecule has 3 nitrogen and oxygen atoms in total. The van der Waals surface area contributed by atoms with Crippen LogP contribution in [0.25, 0.3) is 0 Å². The maximum atomic E-state index is 11.7. The van der Waals surface area contributed by atoms with Crippen LogP contribution in [-0.4, -0.2) is 18.7 Å². The summed E-state index contributed by atoms with van der Waals surface area (Å²) in [6.45, 7) is 8.46. The molecule has 0 N–H and O–H groups in total. The second-order valence-electron chi connectivity index (χ2n) is 4.65. The number of benzene rings is 1. The van der Waals surface area contributed by atoms with Crippen molar-refractivity contribution in [3.8, 4) is 5.75 Å². The summed E-state index contributed by atoms with van der Waals surface area (Å²) in [6, 6.07) is 7.95. The smallest absolute Gasteiger partial charge is 0.347 e. The Morgan fingerprint density at radius 2 is 1.74 bits per heavy atom. The predicted octanol–water partition coefficient (Wildman–Crippen LogP) is 3.92. The zero-order chi connectivity index (χ0) is 14.3. The van der Waals surface area contributed by atoms with Crippen LogP contribution in [0.2, 0.25) is 0 Å². The van der Waals surface area contributed by atoms with Gasteiger partial charge in [-0.05, 0) is 43.4 Å². The van der Waals surface area contributed by atoms with Gasteiger partial charge in [-0.15, -0.1) is 0 Å². The summed E-state index contributed by atoms with van der Waals surface area (Å²) in [5.74, 6) is 0.962. The van der Waals surface area contributed by atoms with E-state index in [-0.39, 0.29) is 5.97 Å². The van der Waals surface area contributed by atoms with Gasteiger partial charge in [0.2, 0.25) is 0 Å². The fourth-order valence-corrected chi connectivity index (χ4v) is 1.81. The van der Waals surface area contributed by atoms with Crippen LogP contribution >= 0.6 is 0 Å². The van der Waals surface area contributed by atoms with E-state index in [2.05, 4.69) is 26.0 Å². The van der Waals surface area contributed by atoms with Gasteiger partial charge in [0.1, 0.15) is 5.75 Å². The van der Waals surface area contributed by atoms with E-state index in [1.165, 1.54) is 5.56 Å². The second-order valence-corrected chi connectivity index (χ2v) is 4.65. The monoisotopic (exact) mass is 264 g/mol. The fourth-order valence-electron chi connectivity index (χ4n) is 1.81. The molecule has 0 amide bonds. The number of hydrogen-bond donors (Lipinski definition) is 0. The third-order valence-electron chi connectivity index (χ3n) is 3.26. The van der Waals surface area contributed by atoms with Crippen molar-refractivity contribution in [3.63, 3.8) is 0 Å². The van der Waals surface area contributed by atoms with Crippen molar-refractivity contribution in [2.24, 2.45) is 0 Å². The summed E-state index contributed by atoms with van der Waals surface area (Å²) in [7, 11) is 0. The fraction of sp³-hybridized carbons (Fsp3) is 0.562. The Bertz CT molecular complexity index is 383. The van der Waals surface area contributed by atoms with Crippen LogP contribution in [-0.2, 0) is 9.53 Å². The molecule has 0 heterocycles. The van der Waals surface area contributed by atoms with Crippen LogP contribution in [0, 0.1) is 0 Å². The van der Waals surface area contributed by atoms with Crippen molar-refractivity contribution in [1.82, 2.24) is 0 Å². The minimum atomic E-state index is -0.519. The van der Waals surface area contributed by atoms with Gasteiger partial charge in [0.25, 0.3) is 0 Å². The SMILES string of the molecule is CCOC(=O)C(CC)Oc1ccc(C(C)CC)cc1. The van der Waals surface area contributed by atoms with Crippen molar-refractivity contribution in [2.45, 2.75) is 52.6 Å². The normalized spacial score (nSPS) is 13.7. The molecule has 19 heavy (non-hydrogen) atoms. The predicted molar refractivity (Wildman–Crippen MR) is 76.5 cm³/mol. The summed E-state index contributed by atoms with van der Waals surface area (Å²) in [6.07, 6.45) is 1.20. The van der Waals surface area contributed by atoms with E-state index in [1.54, 1.807) is 6.92 Å². The molecule has 2 atom stereocenters.